The summed E-state index contributed by atoms with van der Waals surface area (Å²) in [6.07, 6.45) is 76.8. The Kier molecular flexibility index (Phi) is 70.4. The van der Waals surface area contributed by atoms with Crippen molar-refractivity contribution in [1.29, 1.82) is 0 Å². The van der Waals surface area contributed by atoms with E-state index in [4.69, 9.17) is 37.0 Å². The van der Waals surface area contributed by atoms with Crippen molar-refractivity contribution < 1.29 is 80.2 Å². The number of carbonyl (C=O) groups excluding carboxylic acids is 4. The van der Waals surface area contributed by atoms with E-state index in [0.29, 0.717) is 32.1 Å². The number of aliphatic hydroxyl groups excluding tert-OH is 1. The molecule has 0 aliphatic rings. The van der Waals surface area contributed by atoms with E-state index in [1.165, 1.54) is 103 Å². The highest BCUT2D eigenvalue weighted by Crippen LogP contribution is 2.45. The summed E-state index contributed by atoms with van der Waals surface area (Å²) in [7, 11) is -9.97. The Morgan fingerprint density at radius 1 is 0.290 bits per heavy atom. The third-order valence-corrected chi connectivity index (χ3v) is 18.4. The second-order valence-electron chi connectivity index (χ2n) is 26.3. The van der Waals surface area contributed by atoms with Gasteiger partial charge < -0.3 is 33.8 Å². The number of ether oxygens (including phenoxy) is 4. The van der Waals surface area contributed by atoms with Gasteiger partial charge in [-0.25, -0.2) is 9.13 Å². The Labute approximate surface area is 607 Å². The standard InChI is InChI=1S/C81H142O17P2/c1-5-9-13-17-21-25-29-33-36-37-40-43-46-50-54-58-62-66-79(84)92-72-77(98-81(86)68-64-60-56-52-48-44-39-35-31-27-23-19-15-11-7-3)74-96-100(89,90)94-70-75(82)69-93-99(87,88)95-73-76(97-80(85)67-63-59-55-51-47-41-32-28-24-20-16-12-8-4)71-91-78(83)65-61-57-53-49-45-42-38-34-30-26-22-18-14-10-6-2/h9,13,16,20-21,25,28,32-34,36,38,40,43,50,54,75-77,82H,5-8,10-12,14-15,17-19,22-24,26-27,29-31,35,37,39,41-42,44-49,51-53,55-74H2,1-4H3,(H,87,88)(H,89,90)/b13-9-,20-16-,25-21-,32-28-,36-33-,38-34-,43-40-,54-50-. The second-order valence-corrected chi connectivity index (χ2v) is 29.2. The first-order chi connectivity index (χ1) is 48.7. The van der Waals surface area contributed by atoms with Crippen molar-refractivity contribution >= 4 is 39.5 Å². The van der Waals surface area contributed by atoms with E-state index in [-0.39, 0.29) is 25.7 Å². The van der Waals surface area contributed by atoms with Crippen molar-refractivity contribution in [3.8, 4) is 0 Å². The van der Waals surface area contributed by atoms with E-state index in [0.717, 1.165) is 148 Å². The molecule has 0 aromatic heterocycles. The molecule has 0 aliphatic heterocycles. The molecule has 0 rings (SSSR count). The molecule has 0 heterocycles. The zero-order valence-electron chi connectivity index (χ0n) is 63.1. The minimum atomic E-state index is -4.99. The van der Waals surface area contributed by atoms with Crippen LogP contribution >= 0.6 is 15.6 Å². The Bertz CT molecular complexity index is 2270. The van der Waals surface area contributed by atoms with Gasteiger partial charge in [0.05, 0.1) is 26.4 Å². The molecule has 0 bridgehead atoms. The summed E-state index contributed by atoms with van der Waals surface area (Å²) in [5.74, 6) is -2.25. The zero-order chi connectivity index (χ0) is 73.2. The van der Waals surface area contributed by atoms with Crippen LogP contribution in [0.4, 0.5) is 0 Å². The predicted molar refractivity (Wildman–Crippen MR) is 409 cm³/mol. The number of esters is 4. The molecule has 17 nitrogen and oxygen atoms in total. The summed E-state index contributed by atoms with van der Waals surface area (Å²) >= 11 is 0. The fourth-order valence-electron chi connectivity index (χ4n) is 10.5. The quantitative estimate of drug-likeness (QED) is 0.0169. The molecule has 3 N–H and O–H groups in total. The van der Waals surface area contributed by atoms with Crippen molar-refractivity contribution in [2.24, 2.45) is 0 Å². The molecule has 0 aromatic carbocycles. The average molecular weight is 1450 g/mol. The lowest BCUT2D eigenvalue weighted by Gasteiger charge is -2.21. The number of aliphatic hydroxyl groups is 1. The SMILES string of the molecule is CC/C=C\C/C=C\C/C=C\C/C=C\C/C=C\CCCC(=O)OCC(COP(=O)(O)OCC(O)COP(=O)(O)OCC(COC(=O)CCCCCCC/C=C\CCCCCCCC)OC(=O)CCCCCCC/C=C\C/C=C\CCC)OC(=O)CCCCCCCCCCCCCCCCC. The first kappa shape index (κ1) is 96.0. The van der Waals surface area contributed by atoms with E-state index < -0.39 is 97.5 Å². The first-order valence-corrected chi connectivity index (χ1v) is 42.5. The van der Waals surface area contributed by atoms with Gasteiger partial charge in [0.1, 0.15) is 19.3 Å². The van der Waals surface area contributed by atoms with Crippen LogP contribution in [0.25, 0.3) is 0 Å². The number of rotatable bonds is 74. The average Bonchev–Trinajstić information content (AvgIpc) is 1.06. The normalized spacial score (nSPS) is 14.4. The fraction of sp³-hybridized carbons (Fsp3) is 0.753. The highest BCUT2D eigenvalue weighted by atomic mass is 31.2. The molecule has 0 saturated carbocycles. The Balaban J connectivity index is 5.39. The summed E-state index contributed by atoms with van der Waals surface area (Å²) in [6.45, 7) is 4.64. The van der Waals surface area contributed by atoms with Gasteiger partial charge >= 0.3 is 39.5 Å². The molecule has 578 valence electrons. The second kappa shape index (κ2) is 73.3. The van der Waals surface area contributed by atoms with Crippen LogP contribution in [0.15, 0.2) is 97.2 Å². The van der Waals surface area contributed by atoms with Gasteiger partial charge in [0.25, 0.3) is 0 Å². The van der Waals surface area contributed by atoms with Gasteiger partial charge in [-0.05, 0) is 116 Å². The van der Waals surface area contributed by atoms with Crippen LogP contribution in [0.3, 0.4) is 0 Å². The van der Waals surface area contributed by atoms with E-state index in [1.807, 2.05) is 12.2 Å². The minimum absolute atomic E-state index is 0.0770. The van der Waals surface area contributed by atoms with Crippen molar-refractivity contribution in [3.63, 3.8) is 0 Å². The van der Waals surface area contributed by atoms with Gasteiger partial charge in [-0.3, -0.25) is 37.3 Å². The topological polar surface area (TPSA) is 237 Å². The molecular formula is C81H142O17P2. The van der Waals surface area contributed by atoms with Gasteiger partial charge in [-0.15, -0.1) is 0 Å². The molecule has 100 heavy (non-hydrogen) atoms. The molecule has 0 saturated heterocycles. The molecule has 0 spiro atoms. The van der Waals surface area contributed by atoms with Crippen LogP contribution in [-0.4, -0.2) is 96.7 Å². The summed E-state index contributed by atoms with van der Waals surface area (Å²) in [6, 6.07) is 0. The fourth-order valence-corrected chi connectivity index (χ4v) is 12.1. The summed E-state index contributed by atoms with van der Waals surface area (Å²) in [5, 5.41) is 10.6. The highest BCUT2D eigenvalue weighted by molar-refractivity contribution is 7.47. The number of unbranched alkanes of at least 4 members (excludes halogenated alkanes) is 32. The van der Waals surface area contributed by atoms with Gasteiger partial charge in [-0.2, -0.15) is 0 Å². The molecule has 0 aromatic rings. The van der Waals surface area contributed by atoms with Crippen LogP contribution in [0.2, 0.25) is 0 Å². The van der Waals surface area contributed by atoms with Gasteiger partial charge in [0, 0.05) is 25.7 Å². The van der Waals surface area contributed by atoms with E-state index >= 15 is 0 Å². The highest BCUT2D eigenvalue weighted by Gasteiger charge is 2.30. The van der Waals surface area contributed by atoms with Crippen molar-refractivity contribution in [3.05, 3.63) is 97.2 Å². The van der Waals surface area contributed by atoms with E-state index in [2.05, 4.69) is 113 Å². The lowest BCUT2D eigenvalue weighted by Crippen LogP contribution is -2.30. The number of hydrogen-bond donors (Lipinski definition) is 3. The molecule has 5 unspecified atom stereocenters. The maximum Gasteiger partial charge on any atom is 0.472 e. The van der Waals surface area contributed by atoms with Crippen molar-refractivity contribution in [2.45, 2.75) is 354 Å². The van der Waals surface area contributed by atoms with E-state index in [1.54, 1.807) is 0 Å². The minimum Gasteiger partial charge on any atom is -0.462 e. The largest absolute Gasteiger partial charge is 0.472 e. The third-order valence-electron chi connectivity index (χ3n) is 16.5. The maximum atomic E-state index is 13.1. The Hall–Kier alpha value is -4.02. The van der Waals surface area contributed by atoms with E-state index in [9.17, 15) is 43.2 Å². The van der Waals surface area contributed by atoms with Gasteiger partial charge in [-0.1, -0.05) is 292 Å². The van der Waals surface area contributed by atoms with Gasteiger partial charge in [0.2, 0.25) is 0 Å². The summed E-state index contributed by atoms with van der Waals surface area (Å²) in [5.41, 5.74) is 0. The number of hydrogen-bond acceptors (Lipinski definition) is 15. The summed E-state index contributed by atoms with van der Waals surface area (Å²) < 4.78 is 68.5. The first-order valence-electron chi connectivity index (χ1n) is 39.5. The van der Waals surface area contributed by atoms with Crippen LogP contribution in [0.1, 0.15) is 336 Å². The van der Waals surface area contributed by atoms with Crippen LogP contribution < -0.4 is 0 Å². The van der Waals surface area contributed by atoms with Crippen LogP contribution in [0.5, 0.6) is 0 Å². The smallest absolute Gasteiger partial charge is 0.462 e. The third kappa shape index (κ3) is 72.3. The number of carbonyl (C=O) groups is 4. The Morgan fingerprint density at radius 2 is 0.550 bits per heavy atom. The molecule has 0 amide bonds. The molecule has 0 aliphatic carbocycles. The molecule has 0 fully saturated rings. The molecular weight excluding hydrogens is 1310 g/mol. The molecule has 0 radical (unpaired) electrons. The maximum absolute atomic E-state index is 13.1. The summed E-state index contributed by atoms with van der Waals surface area (Å²) in [4.78, 5) is 72.9. The number of phosphoric acid groups is 2. The van der Waals surface area contributed by atoms with Crippen LogP contribution in [-0.2, 0) is 65.4 Å². The Morgan fingerprint density at radius 3 is 0.890 bits per heavy atom. The van der Waals surface area contributed by atoms with Crippen molar-refractivity contribution in [2.75, 3.05) is 39.6 Å². The number of allylic oxidation sites excluding steroid dienone is 16. The van der Waals surface area contributed by atoms with Crippen molar-refractivity contribution in [1.82, 2.24) is 0 Å². The van der Waals surface area contributed by atoms with Crippen LogP contribution in [0, 0.1) is 0 Å². The monoisotopic (exact) mass is 1450 g/mol. The predicted octanol–water partition coefficient (Wildman–Crippen LogP) is 22.8. The van der Waals surface area contributed by atoms with Gasteiger partial charge in [0.15, 0.2) is 12.2 Å². The lowest BCUT2D eigenvalue weighted by atomic mass is 10.0. The molecule has 19 heteroatoms. The zero-order valence-corrected chi connectivity index (χ0v) is 64.9. The number of phosphoric ester groups is 2. The lowest BCUT2D eigenvalue weighted by molar-refractivity contribution is -0.161. The molecule has 5 atom stereocenters.